The lowest BCUT2D eigenvalue weighted by molar-refractivity contribution is 0.197. The molecule has 1 aliphatic heterocycles. The van der Waals surface area contributed by atoms with Crippen molar-refractivity contribution >= 4 is 17.0 Å². The zero-order valence-electron chi connectivity index (χ0n) is 15.3. The molecule has 146 valence electrons. The molecular formula is C20H19F3N4S. The van der Waals surface area contributed by atoms with Gasteiger partial charge >= 0.3 is 0 Å². The lowest BCUT2D eigenvalue weighted by atomic mass is 10.2. The van der Waals surface area contributed by atoms with Gasteiger partial charge in [0.25, 0.3) is 0 Å². The zero-order valence-corrected chi connectivity index (χ0v) is 16.1. The first-order valence-electron chi connectivity index (χ1n) is 9.05. The van der Waals surface area contributed by atoms with Crippen LogP contribution in [0.3, 0.4) is 0 Å². The highest BCUT2D eigenvalue weighted by atomic mass is 32.1. The molecule has 0 unspecified atom stereocenters. The maximum atomic E-state index is 14.0. The molecule has 0 radical (unpaired) electrons. The molecule has 2 heterocycles. The van der Waals surface area contributed by atoms with Gasteiger partial charge in [0.15, 0.2) is 5.01 Å². The second-order valence-corrected chi connectivity index (χ2v) is 7.73. The molecule has 0 amide bonds. The molecule has 4 nitrogen and oxygen atoms in total. The van der Waals surface area contributed by atoms with Gasteiger partial charge in [0.1, 0.15) is 22.5 Å². The smallest absolute Gasteiger partial charge is 0.150 e. The first kappa shape index (κ1) is 18.9. The van der Waals surface area contributed by atoms with Crippen LogP contribution in [-0.2, 0) is 0 Å². The normalized spacial score (nSPS) is 16.4. The van der Waals surface area contributed by atoms with Crippen LogP contribution < -0.4 is 4.90 Å². The lowest BCUT2D eigenvalue weighted by Gasteiger charge is -2.38. The number of nitrogens with zero attached hydrogens (tertiary/aromatic N) is 4. The monoisotopic (exact) mass is 404 g/mol. The van der Waals surface area contributed by atoms with Gasteiger partial charge in [-0.2, -0.15) is 0 Å². The third-order valence-corrected chi connectivity index (χ3v) is 6.14. The Morgan fingerprint density at radius 2 is 1.68 bits per heavy atom. The van der Waals surface area contributed by atoms with E-state index in [1.54, 1.807) is 18.2 Å². The Balaban J connectivity index is 1.44. The highest BCUT2D eigenvalue weighted by Gasteiger charge is 2.26. The molecule has 1 fully saturated rings. The van der Waals surface area contributed by atoms with Gasteiger partial charge < -0.3 is 4.90 Å². The van der Waals surface area contributed by atoms with E-state index in [1.807, 2.05) is 11.8 Å². The molecular weight excluding hydrogens is 385 g/mol. The number of hydrogen-bond donors (Lipinski definition) is 0. The molecule has 8 heteroatoms. The summed E-state index contributed by atoms with van der Waals surface area (Å²) in [5.41, 5.74) is 0.745. The van der Waals surface area contributed by atoms with E-state index < -0.39 is 11.6 Å². The number of aromatic nitrogens is 2. The average molecular weight is 404 g/mol. The molecule has 28 heavy (non-hydrogen) atoms. The van der Waals surface area contributed by atoms with E-state index in [-0.39, 0.29) is 11.9 Å². The van der Waals surface area contributed by atoms with Crippen LogP contribution in [0.5, 0.6) is 0 Å². The summed E-state index contributed by atoms with van der Waals surface area (Å²) in [6, 6.07) is 10.0. The molecule has 1 aliphatic rings. The Kier molecular flexibility index (Phi) is 5.32. The summed E-state index contributed by atoms with van der Waals surface area (Å²) in [4.78, 5) is 4.08. The quantitative estimate of drug-likeness (QED) is 0.641. The number of hydrogen-bond acceptors (Lipinski definition) is 5. The fourth-order valence-electron chi connectivity index (χ4n) is 3.38. The predicted octanol–water partition coefficient (Wildman–Crippen LogP) is 4.51. The van der Waals surface area contributed by atoms with Gasteiger partial charge in [-0.3, -0.25) is 4.90 Å². The van der Waals surface area contributed by atoms with Gasteiger partial charge in [-0.05, 0) is 31.2 Å². The second kappa shape index (κ2) is 7.89. The highest BCUT2D eigenvalue weighted by molar-refractivity contribution is 7.14. The summed E-state index contributed by atoms with van der Waals surface area (Å²) in [5, 5.41) is 9.76. The molecule has 0 bridgehead atoms. The van der Waals surface area contributed by atoms with Crippen LogP contribution in [0, 0.1) is 17.5 Å². The van der Waals surface area contributed by atoms with Crippen LogP contribution in [0.15, 0.2) is 42.5 Å². The van der Waals surface area contributed by atoms with E-state index in [1.165, 1.54) is 23.5 Å². The van der Waals surface area contributed by atoms with E-state index in [0.29, 0.717) is 42.4 Å². The maximum absolute atomic E-state index is 14.0. The van der Waals surface area contributed by atoms with Crippen LogP contribution in [0.2, 0.25) is 0 Å². The van der Waals surface area contributed by atoms with Gasteiger partial charge in [0.2, 0.25) is 0 Å². The topological polar surface area (TPSA) is 32.3 Å². The van der Waals surface area contributed by atoms with E-state index in [0.717, 1.165) is 17.1 Å². The van der Waals surface area contributed by atoms with Crippen LogP contribution in [0.1, 0.15) is 18.0 Å². The highest BCUT2D eigenvalue weighted by Crippen LogP contribution is 2.31. The minimum atomic E-state index is -0.443. The van der Waals surface area contributed by atoms with Gasteiger partial charge in [-0.1, -0.05) is 23.5 Å². The summed E-state index contributed by atoms with van der Waals surface area (Å²) in [7, 11) is 0. The van der Waals surface area contributed by atoms with Crippen LogP contribution in [-0.4, -0.2) is 41.3 Å². The molecule has 0 N–H and O–H groups in total. The molecule has 2 aromatic carbocycles. The van der Waals surface area contributed by atoms with E-state index in [2.05, 4.69) is 15.1 Å². The Labute approximate surface area is 165 Å². The Hall–Kier alpha value is -2.45. The van der Waals surface area contributed by atoms with Crippen molar-refractivity contribution in [2.75, 3.05) is 31.1 Å². The molecule has 0 spiro atoms. The molecule has 1 atom stereocenters. The Morgan fingerprint density at radius 1 is 0.929 bits per heavy atom. The SMILES string of the molecule is C[C@H](c1nnc(-c2ccccc2F)s1)N1CCN(c2cc(F)ccc2F)CC1. The third kappa shape index (κ3) is 3.74. The van der Waals surface area contributed by atoms with Crippen LogP contribution in [0.4, 0.5) is 18.9 Å². The first-order valence-corrected chi connectivity index (χ1v) is 9.87. The summed E-state index contributed by atoms with van der Waals surface area (Å²) >= 11 is 1.38. The maximum Gasteiger partial charge on any atom is 0.150 e. The van der Waals surface area contributed by atoms with Crippen molar-refractivity contribution in [3.8, 4) is 10.6 Å². The number of halogens is 3. The Morgan fingerprint density at radius 3 is 2.43 bits per heavy atom. The van der Waals surface area contributed by atoms with Crippen molar-refractivity contribution in [3.63, 3.8) is 0 Å². The summed E-state index contributed by atoms with van der Waals surface area (Å²) in [6.45, 7) is 4.58. The van der Waals surface area contributed by atoms with Gasteiger partial charge in [-0.15, -0.1) is 10.2 Å². The summed E-state index contributed by atoms with van der Waals surface area (Å²) < 4.78 is 41.4. The molecule has 4 rings (SSSR count). The van der Waals surface area contributed by atoms with Crippen LogP contribution in [0.25, 0.3) is 10.6 Å². The minimum Gasteiger partial charge on any atom is -0.367 e. The van der Waals surface area contributed by atoms with Crippen molar-refractivity contribution in [2.24, 2.45) is 0 Å². The number of rotatable bonds is 4. The molecule has 1 aromatic heterocycles. The number of anilines is 1. The summed E-state index contributed by atoms with van der Waals surface area (Å²) in [6.07, 6.45) is 0. The van der Waals surface area contributed by atoms with Crippen molar-refractivity contribution in [2.45, 2.75) is 13.0 Å². The predicted molar refractivity (Wildman–Crippen MR) is 104 cm³/mol. The first-order chi connectivity index (χ1) is 13.5. The van der Waals surface area contributed by atoms with E-state index in [9.17, 15) is 13.2 Å². The second-order valence-electron chi connectivity index (χ2n) is 6.72. The van der Waals surface area contributed by atoms with Crippen molar-refractivity contribution in [1.82, 2.24) is 15.1 Å². The zero-order chi connectivity index (χ0) is 19.7. The molecule has 1 saturated heterocycles. The standard InChI is InChI=1S/C20H19F3N4S/c1-13(19-24-25-20(28-19)15-4-2-3-5-16(15)22)26-8-10-27(11-9-26)18-12-14(21)6-7-17(18)23/h2-7,12-13H,8-11H2,1H3/t13-/m1/s1. The number of piperazine rings is 1. The molecule has 0 aliphatic carbocycles. The van der Waals surface area contributed by atoms with Crippen LogP contribution >= 0.6 is 11.3 Å². The van der Waals surface area contributed by atoms with Crippen molar-refractivity contribution < 1.29 is 13.2 Å². The van der Waals surface area contributed by atoms with E-state index in [4.69, 9.17) is 0 Å². The summed E-state index contributed by atoms with van der Waals surface area (Å²) in [5.74, 6) is -1.17. The van der Waals surface area contributed by atoms with Gasteiger partial charge in [-0.25, -0.2) is 13.2 Å². The minimum absolute atomic E-state index is 0.0116. The fourth-order valence-corrected chi connectivity index (χ4v) is 4.34. The van der Waals surface area contributed by atoms with Gasteiger partial charge in [0.05, 0.1) is 11.7 Å². The fraction of sp³-hybridized carbons (Fsp3) is 0.300. The average Bonchev–Trinajstić information content (AvgIpc) is 3.20. The number of benzene rings is 2. The largest absolute Gasteiger partial charge is 0.367 e. The molecule has 0 saturated carbocycles. The lowest BCUT2D eigenvalue weighted by Crippen LogP contribution is -2.47. The van der Waals surface area contributed by atoms with E-state index >= 15 is 0 Å². The third-order valence-electron chi connectivity index (χ3n) is 5.01. The Bertz CT molecular complexity index is 970. The van der Waals surface area contributed by atoms with Gasteiger partial charge in [0, 0.05) is 37.8 Å². The van der Waals surface area contributed by atoms with Crippen molar-refractivity contribution in [1.29, 1.82) is 0 Å². The van der Waals surface area contributed by atoms with Crippen molar-refractivity contribution in [3.05, 3.63) is 64.9 Å². The molecule has 3 aromatic rings.